The smallest absolute Gasteiger partial charge is 0.152 e. The summed E-state index contributed by atoms with van der Waals surface area (Å²) in [4.78, 5) is 6.66. The molecule has 2 aromatic heterocycles. The molecular formula is C12H15N3O2S. The Labute approximate surface area is 106 Å². The van der Waals surface area contributed by atoms with E-state index >= 15 is 0 Å². The number of sulfone groups is 1. The first-order valence-electron chi connectivity index (χ1n) is 5.98. The highest BCUT2D eigenvalue weighted by molar-refractivity contribution is 7.91. The molecule has 0 aliphatic carbocycles. The number of rotatable bonds is 2. The fraction of sp³-hybridized carbons (Fsp3) is 0.417. The van der Waals surface area contributed by atoms with Crippen molar-refractivity contribution in [3.05, 3.63) is 36.3 Å². The highest BCUT2D eigenvalue weighted by atomic mass is 32.2. The molecule has 0 unspecified atom stereocenters. The lowest BCUT2D eigenvalue weighted by atomic mass is 10.4. The average molecular weight is 265 g/mol. The Morgan fingerprint density at radius 2 is 2.00 bits per heavy atom. The first-order valence-corrected chi connectivity index (χ1v) is 7.80. The molecule has 3 heterocycles. The molecule has 1 aliphatic heterocycles. The summed E-state index contributed by atoms with van der Waals surface area (Å²) < 4.78 is 24.7. The van der Waals surface area contributed by atoms with Crippen molar-refractivity contribution in [2.45, 2.75) is 6.54 Å². The van der Waals surface area contributed by atoms with Crippen LogP contribution in [-0.2, 0) is 16.4 Å². The monoisotopic (exact) mass is 265 g/mol. The molecular weight excluding hydrogens is 250 g/mol. The van der Waals surface area contributed by atoms with Crippen LogP contribution >= 0.6 is 0 Å². The van der Waals surface area contributed by atoms with Crippen LogP contribution in [0.25, 0.3) is 5.65 Å². The highest BCUT2D eigenvalue weighted by Crippen LogP contribution is 2.10. The summed E-state index contributed by atoms with van der Waals surface area (Å²) in [5.41, 5.74) is 1.91. The first-order chi connectivity index (χ1) is 8.62. The molecule has 0 N–H and O–H groups in total. The summed E-state index contributed by atoms with van der Waals surface area (Å²) in [5.74, 6) is 0.529. The molecule has 0 amide bonds. The second-order valence-electron chi connectivity index (χ2n) is 4.63. The van der Waals surface area contributed by atoms with E-state index in [1.807, 2.05) is 35.0 Å². The van der Waals surface area contributed by atoms with Crippen molar-refractivity contribution in [1.29, 1.82) is 0 Å². The fourth-order valence-corrected chi connectivity index (χ4v) is 3.48. The second kappa shape index (κ2) is 4.37. The standard InChI is InChI=1S/C12H15N3O2S/c16-18(17)7-5-14(6-8-18)9-11-10-15-4-2-1-3-12(15)13-11/h1-4,10H,5-9H2. The molecule has 1 fully saturated rings. The molecule has 0 radical (unpaired) electrons. The third-order valence-corrected chi connectivity index (χ3v) is 4.85. The van der Waals surface area contributed by atoms with Gasteiger partial charge in [-0.3, -0.25) is 4.90 Å². The molecule has 0 saturated carbocycles. The molecule has 18 heavy (non-hydrogen) atoms. The predicted octanol–water partition coefficient (Wildman–Crippen LogP) is 0.565. The lowest BCUT2D eigenvalue weighted by Gasteiger charge is -2.25. The lowest BCUT2D eigenvalue weighted by molar-refractivity contribution is 0.285. The van der Waals surface area contributed by atoms with Crippen LogP contribution in [0.15, 0.2) is 30.6 Å². The molecule has 0 spiro atoms. The van der Waals surface area contributed by atoms with Crippen LogP contribution in [-0.4, -0.2) is 47.3 Å². The van der Waals surface area contributed by atoms with Crippen molar-refractivity contribution >= 4 is 15.5 Å². The van der Waals surface area contributed by atoms with Crippen molar-refractivity contribution in [2.24, 2.45) is 0 Å². The number of pyridine rings is 1. The molecule has 0 aromatic carbocycles. The van der Waals surface area contributed by atoms with Crippen molar-refractivity contribution in [3.8, 4) is 0 Å². The molecule has 0 atom stereocenters. The van der Waals surface area contributed by atoms with E-state index in [1.165, 1.54) is 0 Å². The van der Waals surface area contributed by atoms with Crippen molar-refractivity contribution in [1.82, 2.24) is 14.3 Å². The Bertz CT molecular complexity index is 616. The van der Waals surface area contributed by atoms with Crippen molar-refractivity contribution in [3.63, 3.8) is 0 Å². The number of imidazole rings is 1. The van der Waals surface area contributed by atoms with Crippen LogP contribution in [0.1, 0.15) is 5.69 Å². The third kappa shape index (κ3) is 2.39. The van der Waals surface area contributed by atoms with E-state index < -0.39 is 9.84 Å². The van der Waals surface area contributed by atoms with Crippen LogP contribution < -0.4 is 0 Å². The zero-order chi connectivity index (χ0) is 12.6. The molecule has 96 valence electrons. The van der Waals surface area contributed by atoms with Gasteiger partial charge in [0.1, 0.15) is 5.65 Å². The van der Waals surface area contributed by atoms with Crippen LogP contribution in [0.3, 0.4) is 0 Å². The van der Waals surface area contributed by atoms with Gasteiger partial charge in [-0.05, 0) is 12.1 Å². The van der Waals surface area contributed by atoms with Gasteiger partial charge in [-0.25, -0.2) is 13.4 Å². The molecule has 5 nitrogen and oxygen atoms in total. The normalized spacial score (nSPS) is 20.2. The minimum absolute atomic E-state index is 0.264. The first kappa shape index (κ1) is 11.7. The van der Waals surface area contributed by atoms with Gasteiger partial charge >= 0.3 is 0 Å². The van der Waals surface area contributed by atoms with E-state index in [1.54, 1.807) is 0 Å². The minimum Gasteiger partial charge on any atom is -0.307 e. The number of hydrogen-bond donors (Lipinski definition) is 0. The van der Waals surface area contributed by atoms with E-state index in [4.69, 9.17) is 0 Å². The van der Waals surface area contributed by atoms with Crippen LogP contribution in [0.4, 0.5) is 0 Å². The maximum Gasteiger partial charge on any atom is 0.152 e. The minimum atomic E-state index is -2.80. The summed E-state index contributed by atoms with van der Waals surface area (Å²) in [7, 11) is -2.80. The van der Waals surface area contributed by atoms with E-state index in [2.05, 4.69) is 9.88 Å². The Morgan fingerprint density at radius 3 is 2.72 bits per heavy atom. The van der Waals surface area contributed by atoms with Crippen LogP contribution in [0, 0.1) is 0 Å². The van der Waals surface area contributed by atoms with Gasteiger partial charge in [0.05, 0.1) is 17.2 Å². The van der Waals surface area contributed by atoms with Gasteiger partial charge < -0.3 is 4.40 Å². The lowest BCUT2D eigenvalue weighted by Crippen LogP contribution is -2.39. The van der Waals surface area contributed by atoms with Gasteiger partial charge in [-0.15, -0.1) is 0 Å². The van der Waals surface area contributed by atoms with E-state index in [0.29, 0.717) is 13.1 Å². The topological polar surface area (TPSA) is 54.7 Å². The Morgan fingerprint density at radius 1 is 1.22 bits per heavy atom. The third-order valence-electron chi connectivity index (χ3n) is 3.24. The van der Waals surface area contributed by atoms with Crippen molar-refractivity contribution < 1.29 is 8.42 Å². The summed E-state index contributed by atoms with van der Waals surface area (Å²) in [6.45, 7) is 1.93. The molecule has 1 aliphatic rings. The maximum absolute atomic E-state index is 11.3. The number of fused-ring (bicyclic) bond motifs is 1. The number of aromatic nitrogens is 2. The van der Waals surface area contributed by atoms with Gasteiger partial charge in [0.15, 0.2) is 9.84 Å². The zero-order valence-electron chi connectivity index (χ0n) is 9.99. The largest absolute Gasteiger partial charge is 0.307 e. The Balaban J connectivity index is 1.73. The molecule has 0 bridgehead atoms. The quantitative estimate of drug-likeness (QED) is 0.796. The van der Waals surface area contributed by atoms with E-state index in [0.717, 1.165) is 17.9 Å². The van der Waals surface area contributed by atoms with Gasteiger partial charge in [-0.2, -0.15) is 0 Å². The van der Waals surface area contributed by atoms with Crippen LogP contribution in [0.5, 0.6) is 0 Å². The zero-order valence-corrected chi connectivity index (χ0v) is 10.8. The maximum atomic E-state index is 11.3. The van der Waals surface area contributed by atoms with Crippen molar-refractivity contribution in [2.75, 3.05) is 24.6 Å². The molecule has 3 rings (SSSR count). The molecule has 1 saturated heterocycles. The summed E-state index contributed by atoms with van der Waals surface area (Å²) >= 11 is 0. The second-order valence-corrected chi connectivity index (χ2v) is 6.93. The molecule has 6 heteroatoms. The SMILES string of the molecule is O=S1(=O)CCN(Cc2cn3ccccc3n2)CC1. The summed E-state index contributed by atoms with van der Waals surface area (Å²) in [6, 6.07) is 5.88. The Kier molecular flexibility index (Phi) is 2.83. The van der Waals surface area contributed by atoms with Gasteiger partial charge in [-0.1, -0.05) is 6.07 Å². The van der Waals surface area contributed by atoms with Gasteiger partial charge in [0.2, 0.25) is 0 Å². The number of nitrogens with zero attached hydrogens (tertiary/aromatic N) is 3. The Hall–Kier alpha value is -1.40. The predicted molar refractivity (Wildman–Crippen MR) is 69.1 cm³/mol. The van der Waals surface area contributed by atoms with Crippen LogP contribution in [0.2, 0.25) is 0 Å². The molecule has 2 aromatic rings. The fourth-order valence-electron chi connectivity index (χ4n) is 2.20. The average Bonchev–Trinajstić information content (AvgIpc) is 2.74. The summed E-state index contributed by atoms with van der Waals surface area (Å²) in [5, 5.41) is 0. The van der Waals surface area contributed by atoms with Gasteiger partial charge in [0.25, 0.3) is 0 Å². The van der Waals surface area contributed by atoms with E-state index in [9.17, 15) is 8.42 Å². The number of hydrogen-bond acceptors (Lipinski definition) is 4. The van der Waals surface area contributed by atoms with Gasteiger partial charge in [0, 0.05) is 32.0 Å². The van der Waals surface area contributed by atoms with E-state index in [-0.39, 0.29) is 11.5 Å². The highest BCUT2D eigenvalue weighted by Gasteiger charge is 2.21. The summed E-state index contributed by atoms with van der Waals surface area (Å²) in [6.07, 6.45) is 3.96.